The molecule has 0 aromatic heterocycles. The van der Waals surface area contributed by atoms with Crippen LogP contribution in [0, 0.1) is 0 Å². The monoisotopic (exact) mass is 1240 g/mol. The van der Waals surface area contributed by atoms with Crippen molar-refractivity contribution in [2.45, 2.75) is 367 Å². The molecule has 0 fully saturated rings. The number of nitrogens with one attached hydrogen (secondary N) is 1. The molecule has 0 aliphatic rings. The smallest absolute Gasteiger partial charge is 0.306 e. The second-order valence-corrected chi connectivity index (χ2v) is 27.9. The Hall–Kier alpha value is -2.55. The maximum atomic E-state index is 13.6. The molecule has 0 rings (SSSR count). The molecule has 0 aromatic rings. The van der Waals surface area contributed by atoms with Gasteiger partial charge in [-0.1, -0.05) is 312 Å². The highest BCUT2D eigenvalue weighted by atomic mass is 31.2. The summed E-state index contributed by atoms with van der Waals surface area (Å²) in [5.41, 5.74) is 0. The molecule has 1 N–H and O–H groups in total. The number of allylic oxidation sites excluding steroid dienone is 11. The number of carbonyl (C=O) groups is 2. The molecule has 0 aliphatic carbocycles. The summed E-state index contributed by atoms with van der Waals surface area (Å²) in [6, 6.07) is -0.896. The van der Waals surface area contributed by atoms with Gasteiger partial charge < -0.3 is 28.5 Å². The van der Waals surface area contributed by atoms with Crippen LogP contribution in [-0.2, 0) is 27.9 Å². The van der Waals surface area contributed by atoms with E-state index in [1.165, 1.54) is 231 Å². The van der Waals surface area contributed by atoms with Crippen LogP contribution in [0.3, 0.4) is 0 Å². The average molecular weight is 1240 g/mol. The lowest BCUT2D eigenvalue weighted by Crippen LogP contribution is -2.47. The molecule has 9 nitrogen and oxygen atoms in total. The maximum absolute atomic E-state index is 13.6. The maximum Gasteiger partial charge on any atom is 0.306 e. The van der Waals surface area contributed by atoms with Crippen molar-refractivity contribution < 1.29 is 37.3 Å². The number of hydrogen-bond acceptors (Lipinski definition) is 7. The molecule has 3 atom stereocenters. The number of hydrogen-bond donors (Lipinski definition) is 1. The largest absolute Gasteiger partial charge is 0.756 e. The number of phosphoric ester groups is 1. The van der Waals surface area contributed by atoms with Gasteiger partial charge in [-0.15, -0.1) is 0 Å². The van der Waals surface area contributed by atoms with Gasteiger partial charge in [0.1, 0.15) is 19.3 Å². The number of esters is 1. The first-order valence-corrected chi connectivity index (χ1v) is 38.7. The number of ether oxygens (including phenoxy) is 1. The van der Waals surface area contributed by atoms with Gasteiger partial charge in [0.15, 0.2) is 0 Å². The number of nitrogens with zero attached hydrogens (tertiary/aromatic N) is 1. The Balaban J connectivity index is 5.07. The fourth-order valence-corrected chi connectivity index (χ4v) is 11.6. The molecular formula is C77H143N2O7P. The minimum atomic E-state index is -4.71. The Bertz CT molecular complexity index is 1720. The summed E-state index contributed by atoms with van der Waals surface area (Å²) < 4.78 is 30.5. The number of quaternary nitrogens is 1. The van der Waals surface area contributed by atoms with Crippen molar-refractivity contribution in [1.82, 2.24) is 5.32 Å². The Labute approximate surface area is 540 Å². The molecule has 0 bridgehead atoms. The molecule has 0 saturated carbocycles. The van der Waals surface area contributed by atoms with Gasteiger partial charge in [-0.2, -0.15) is 0 Å². The summed E-state index contributed by atoms with van der Waals surface area (Å²) in [5.74, 6) is -0.541. The van der Waals surface area contributed by atoms with Crippen LogP contribution in [0.1, 0.15) is 355 Å². The van der Waals surface area contributed by atoms with Crippen molar-refractivity contribution in [2.24, 2.45) is 0 Å². The molecule has 0 heterocycles. The highest BCUT2D eigenvalue weighted by Gasteiger charge is 2.27. The van der Waals surface area contributed by atoms with Gasteiger partial charge in [-0.3, -0.25) is 14.2 Å². The standard InChI is InChI=1S/C77H143N2O7P/c1-7-10-13-16-19-22-25-28-30-32-34-36-38-39-41-42-44-46-48-51-54-57-60-63-66-69-76(80)78-74(73-85-87(82,83)84-72-71-79(4,5)6)75(68-65-62-59-56-53-50-27-24-21-18-15-12-9-3)86-77(81)70-67-64-61-58-55-52-49-47-45-43-40-37-35-33-31-29-26-23-20-17-14-11-8-2/h20,23,28-31,35,37,43,45,65,68,74-75H,7-19,21-22,24-27,32-34,36,38-42,44,46-64,66-67,69-73H2,1-6H3,(H-,78,80,82,83)/b23-20-,30-28+,31-29-,37-35-,45-43-,68-65+. The zero-order valence-electron chi connectivity index (χ0n) is 58.2. The van der Waals surface area contributed by atoms with E-state index in [0.29, 0.717) is 17.4 Å². The van der Waals surface area contributed by atoms with E-state index in [-0.39, 0.29) is 24.9 Å². The summed E-state index contributed by atoms with van der Waals surface area (Å²) in [7, 11) is 1.19. The zero-order valence-corrected chi connectivity index (χ0v) is 59.1. The molecule has 0 radical (unpaired) electrons. The third kappa shape index (κ3) is 67.7. The van der Waals surface area contributed by atoms with Crippen LogP contribution < -0.4 is 10.2 Å². The molecule has 3 unspecified atom stereocenters. The van der Waals surface area contributed by atoms with Crippen LogP contribution in [0.5, 0.6) is 0 Å². The lowest BCUT2D eigenvalue weighted by molar-refractivity contribution is -0.870. The van der Waals surface area contributed by atoms with Crippen LogP contribution in [-0.4, -0.2) is 69.4 Å². The minimum Gasteiger partial charge on any atom is -0.756 e. The Kier molecular flexibility index (Phi) is 64.4. The van der Waals surface area contributed by atoms with Gasteiger partial charge in [-0.05, 0) is 102 Å². The van der Waals surface area contributed by atoms with Crippen LogP contribution in [0.15, 0.2) is 72.9 Å². The normalized spacial score (nSPS) is 13.9. The predicted octanol–water partition coefficient (Wildman–Crippen LogP) is 23.3. The third-order valence-electron chi connectivity index (χ3n) is 16.6. The van der Waals surface area contributed by atoms with Crippen molar-refractivity contribution in [1.29, 1.82) is 0 Å². The molecular weight excluding hydrogens is 1100 g/mol. The second kappa shape index (κ2) is 66.4. The van der Waals surface area contributed by atoms with E-state index >= 15 is 0 Å². The molecule has 0 spiro atoms. The molecule has 508 valence electrons. The predicted molar refractivity (Wildman–Crippen MR) is 376 cm³/mol. The number of unbranched alkanes of at least 4 members (excludes halogenated alkanes) is 42. The van der Waals surface area contributed by atoms with E-state index in [4.69, 9.17) is 13.8 Å². The first kappa shape index (κ1) is 84.5. The van der Waals surface area contributed by atoms with E-state index < -0.39 is 26.6 Å². The molecule has 0 saturated heterocycles. The van der Waals surface area contributed by atoms with Crippen molar-refractivity contribution in [2.75, 3.05) is 40.9 Å². The zero-order chi connectivity index (χ0) is 63.5. The summed E-state index contributed by atoms with van der Waals surface area (Å²) >= 11 is 0. The number of amides is 1. The molecule has 87 heavy (non-hydrogen) atoms. The number of likely N-dealkylation sites (N-methyl/N-ethyl adjacent to an activating group) is 1. The van der Waals surface area contributed by atoms with Crippen molar-refractivity contribution >= 4 is 19.7 Å². The Morgan fingerprint density at radius 3 is 1.08 bits per heavy atom. The lowest BCUT2D eigenvalue weighted by Gasteiger charge is -2.30. The third-order valence-corrected chi connectivity index (χ3v) is 17.6. The second-order valence-electron chi connectivity index (χ2n) is 26.4. The number of carbonyl (C=O) groups excluding carboxylic acids is 2. The van der Waals surface area contributed by atoms with Gasteiger partial charge in [0.05, 0.1) is 33.8 Å². The van der Waals surface area contributed by atoms with Crippen LogP contribution in [0.4, 0.5) is 0 Å². The van der Waals surface area contributed by atoms with Crippen LogP contribution >= 0.6 is 7.82 Å². The average Bonchev–Trinajstić information content (AvgIpc) is 3.70. The molecule has 0 aliphatic heterocycles. The molecule has 0 aromatic carbocycles. The SMILES string of the molecule is CCCCC/C=C\C/C=C\C/C=C\C/C=C\CCCCCCCCCC(=O)OC(/C=C/CCCCCCCCCCCCC)C(COP(=O)([O-])OCC[N+](C)(C)C)NC(=O)CCCCCCCCCCCCCCCCC/C=C/CCCCCCCC. The van der Waals surface area contributed by atoms with Crippen molar-refractivity contribution in [3.63, 3.8) is 0 Å². The Morgan fingerprint density at radius 1 is 0.402 bits per heavy atom. The minimum absolute atomic E-state index is 0.0249. The van der Waals surface area contributed by atoms with E-state index in [9.17, 15) is 19.0 Å². The van der Waals surface area contributed by atoms with Gasteiger partial charge in [0, 0.05) is 12.8 Å². The quantitative estimate of drug-likeness (QED) is 0.0212. The van der Waals surface area contributed by atoms with Gasteiger partial charge in [0.25, 0.3) is 7.82 Å². The summed E-state index contributed by atoms with van der Waals surface area (Å²) in [5, 5.41) is 3.05. The number of phosphoric acid groups is 1. The summed E-state index contributed by atoms with van der Waals surface area (Å²) in [6.07, 6.45) is 87.4. The molecule has 10 heteroatoms. The van der Waals surface area contributed by atoms with Crippen LogP contribution in [0.25, 0.3) is 0 Å². The van der Waals surface area contributed by atoms with Crippen LogP contribution in [0.2, 0.25) is 0 Å². The van der Waals surface area contributed by atoms with Gasteiger partial charge >= 0.3 is 5.97 Å². The van der Waals surface area contributed by atoms with Crippen molar-refractivity contribution in [3.8, 4) is 0 Å². The van der Waals surface area contributed by atoms with E-state index in [1.54, 1.807) is 0 Å². The first-order chi connectivity index (χ1) is 42.4. The first-order valence-electron chi connectivity index (χ1n) is 37.2. The van der Waals surface area contributed by atoms with E-state index in [1.807, 2.05) is 33.3 Å². The topological polar surface area (TPSA) is 114 Å². The molecule has 1 amide bonds. The van der Waals surface area contributed by atoms with E-state index in [0.717, 1.165) is 89.9 Å². The highest BCUT2D eigenvalue weighted by Crippen LogP contribution is 2.38. The number of rotatable bonds is 68. The lowest BCUT2D eigenvalue weighted by atomic mass is 10.0. The fourth-order valence-electron chi connectivity index (χ4n) is 10.9. The van der Waals surface area contributed by atoms with E-state index in [2.05, 4.69) is 86.8 Å². The Morgan fingerprint density at radius 2 is 0.701 bits per heavy atom. The summed E-state index contributed by atoms with van der Waals surface area (Å²) in [4.78, 5) is 40.3. The highest BCUT2D eigenvalue weighted by molar-refractivity contribution is 7.45. The fraction of sp³-hybridized carbons (Fsp3) is 0.818. The summed E-state index contributed by atoms with van der Waals surface area (Å²) in [6.45, 7) is 6.85. The van der Waals surface area contributed by atoms with Gasteiger partial charge in [-0.25, -0.2) is 0 Å². The van der Waals surface area contributed by atoms with Crippen molar-refractivity contribution in [3.05, 3.63) is 72.9 Å². The van der Waals surface area contributed by atoms with Gasteiger partial charge in [0.2, 0.25) is 5.91 Å².